The largest absolute Gasteiger partial charge is 0.507 e. The zero-order chi connectivity index (χ0) is 22.2. The molecule has 5 rings (SSSR count). The van der Waals surface area contributed by atoms with Crippen molar-refractivity contribution in [2.45, 2.75) is 25.4 Å². The summed E-state index contributed by atoms with van der Waals surface area (Å²) in [4.78, 5) is 12.7. The van der Waals surface area contributed by atoms with E-state index < -0.39 is 0 Å². The molecular weight excluding hydrogens is 410 g/mol. The third-order valence-corrected chi connectivity index (χ3v) is 6.31. The Morgan fingerprint density at radius 3 is 2.66 bits per heavy atom. The number of benzene rings is 2. The number of phenols is 1. The van der Waals surface area contributed by atoms with Gasteiger partial charge in [-0.1, -0.05) is 12.1 Å². The molecule has 8 heteroatoms. The van der Waals surface area contributed by atoms with E-state index in [0.717, 1.165) is 29.9 Å². The van der Waals surface area contributed by atoms with Crippen molar-refractivity contribution in [2.24, 2.45) is 5.92 Å². The Morgan fingerprint density at radius 1 is 1.19 bits per heavy atom. The summed E-state index contributed by atoms with van der Waals surface area (Å²) < 4.78 is 12.2. The van der Waals surface area contributed by atoms with Crippen molar-refractivity contribution in [1.82, 2.24) is 5.32 Å². The predicted molar refractivity (Wildman–Crippen MR) is 123 cm³/mol. The van der Waals surface area contributed by atoms with Crippen LogP contribution in [-0.4, -0.2) is 42.7 Å². The number of piperidine rings is 1. The molecule has 0 aliphatic carbocycles. The first-order valence-corrected chi connectivity index (χ1v) is 10.9. The number of aliphatic hydroxyl groups excluding tert-OH is 1. The summed E-state index contributed by atoms with van der Waals surface area (Å²) in [5.41, 5.74) is 2.78. The predicted octanol–water partition coefficient (Wildman–Crippen LogP) is 2.73. The SMILES string of the molecule is Cc1cc(=O)c2c(O)cc(OCC3Nc4ccccc4N3)c(C3CCNCC3CO)c2o1. The Kier molecular flexibility index (Phi) is 5.40. The number of para-hydroxylation sites is 2. The van der Waals surface area contributed by atoms with Crippen LogP contribution < -0.4 is 26.1 Å². The van der Waals surface area contributed by atoms with E-state index >= 15 is 0 Å². The molecule has 0 radical (unpaired) electrons. The van der Waals surface area contributed by atoms with Crippen molar-refractivity contribution >= 4 is 22.3 Å². The average molecular weight is 437 g/mol. The third-order valence-electron chi connectivity index (χ3n) is 6.31. The first kappa shape index (κ1) is 20.7. The Balaban J connectivity index is 1.55. The summed E-state index contributed by atoms with van der Waals surface area (Å²) in [6, 6.07) is 10.8. The number of rotatable bonds is 5. The Labute approximate surface area is 185 Å². The van der Waals surface area contributed by atoms with Gasteiger partial charge in [-0.05, 0) is 37.9 Å². The molecular formula is C24H27N3O5. The first-order valence-electron chi connectivity index (χ1n) is 10.9. The molecule has 2 atom stereocenters. The molecule has 8 nitrogen and oxygen atoms in total. The van der Waals surface area contributed by atoms with Gasteiger partial charge >= 0.3 is 0 Å². The number of ether oxygens (including phenoxy) is 1. The fourth-order valence-corrected chi connectivity index (χ4v) is 4.80. The summed E-state index contributed by atoms with van der Waals surface area (Å²) in [6.45, 7) is 3.43. The van der Waals surface area contributed by atoms with Gasteiger partial charge in [0.05, 0.1) is 11.4 Å². The van der Waals surface area contributed by atoms with E-state index in [9.17, 15) is 15.0 Å². The maximum atomic E-state index is 12.7. The lowest BCUT2D eigenvalue weighted by molar-refractivity contribution is 0.177. The van der Waals surface area contributed by atoms with E-state index in [1.807, 2.05) is 24.3 Å². The van der Waals surface area contributed by atoms with Crippen molar-refractivity contribution in [3.8, 4) is 11.5 Å². The molecule has 1 saturated heterocycles. The number of phenolic OH excluding ortho intramolecular Hbond substituents is 1. The van der Waals surface area contributed by atoms with Gasteiger partial charge in [0.2, 0.25) is 0 Å². The van der Waals surface area contributed by atoms with Crippen molar-refractivity contribution in [3.05, 3.63) is 57.9 Å². The molecule has 168 valence electrons. The number of fused-ring (bicyclic) bond motifs is 2. The van der Waals surface area contributed by atoms with Crippen molar-refractivity contribution in [2.75, 3.05) is 36.9 Å². The van der Waals surface area contributed by atoms with E-state index in [2.05, 4.69) is 16.0 Å². The number of nitrogens with one attached hydrogen (secondary N) is 3. The van der Waals surface area contributed by atoms with Gasteiger partial charge in [-0.25, -0.2) is 0 Å². The minimum absolute atomic E-state index is 0.00340. The van der Waals surface area contributed by atoms with Gasteiger partial charge in [0.25, 0.3) is 0 Å². The number of aromatic hydroxyl groups is 1. The summed E-state index contributed by atoms with van der Waals surface area (Å²) in [7, 11) is 0. The van der Waals surface area contributed by atoms with E-state index in [0.29, 0.717) is 23.6 Å². The van der Waals surface area contributed by atoms with Crippen LogP contribution in [0.1, 0.15) is 23.7 Å². The second-order valence-electron chi connectivity index (χ2n) is 8.47. The Morgan fingerprint density at radius 2 is 1.94 bits per heavy atom. The lowest BCUT2D eigenvalue weighted by Crippen LogP contribution is -2.37. The first-order chi connectivity index (χ1) is 15.5. The minimum atomic E-state index is -0.293. The van der Waals surface area contributed by atoms with Gasteiger partial charge in [0.1, 0.15) is 41.0 Å². The molecule has 3 aromatic rings. The third kappa shape index (κ3) is 3.65. The topological polar surface area (TPSA) is 116 Å². The van der Waals surface area contributed by atoms with E-state index in [1.165, 1.54) is 12.1 Å². The number of hydrogen-bond acceptors (Lipinski definition) is 8. The Bertz CT molecular complexity index is 1180. The highest BCUT2D eigenvalue weighted by atomic mass is 16.5. The van der Waals surface area contributed by atoms with Gasteiger partial charge < -0.3 is 35.3 Å². The van der Waals surface area contributed by atoms with Crippen molar-refractivity contribution in [1.29, 1.82) is 0 Å². The van der Waals surface area contributed by atoms with Gasteiger partial charge in [0, 0.05) is 36.8 Å². The lowest BCUT2D eigenvalue weighted by atomic mass is 9.80. The zero-order valence-corrected chi connectivity index (χ0v) is 17.9. The van der Waals surface area contributed by atoms with Crippen molar-refractivity contribution < 1.29 is 19.4 Å². The summed E-state index contributed by atoms with van der Waals surface area (Å²) in [5.74, 6) is 0.623. The van der Waals surface area contributed by atoms with Crippen molar-refractivity contribution in [3.63, 3.8) is 0 Å². The van der Waals surface area contributed by atoms with Crippen LogP contribution in [0, 0.1) is 12.8 Å². The quantitative estimate of drug-likeness (QED) is 0.414. The number of aryl methyl sites for hydroxylation is 1. The van der Waals surface area contributed by atoms with Gasteiger partial charge in [-0.3, -0.25) is 4.79 Å². The number of aliphatic hydroxyl groups is 1. The second kappa shape index (κ2) is 8.37. The minimum Gasteiger partial charge on any atom is -0.507 e. The molecule has 0 saturated carbocycles. The fraction of sp³-hybridized carbons (Fsp3) is 0.375. The van der Waals surface area contributed by atoms with Crippen LogP contribution in [-0.2, 0) is 0 Å². The lowest BCUT2D eigenvalue weighted by Gasteiger charge is -2.32. The number of hydrogen-bond donors (Lipinski definition) is 5. The van der Waals surface area contributed by atoms with Gasteiger partial charge in [-0.2, -0.15) is 0 Å². The average Bonchev–Trinajstić information content (AvgIpc) is 3.20. The molecule has 0 bridgehead atoms. The number of anilines is 2. The smallest absolute Gasteiger partial charge is 0.196 e. The van der Waals surface area contributed by atoms with Crippen LogP contribution >= 0.6 is 0 Å². The fourth-order valence-electron chi connectivity index (χ4n) is 4.80. The molecule has 0 amide bonds. The normalized spacial score (nSPS) is 20.6. The highest BCUT2D eigenvalue weighted by Crippen LogP contribution is 2.43. The van der Waals surface area contributed by atoms with Gasteiger partial charge in [0.15, 0.2) is 5.43 Å². The molecule has 2 aliphatic heterocycles. The summed E-state index contributed by atoms with van der Waals surface area (Å²) in [5, 5.41) is 30.9. The second-order valence-corrected chi connectivity index (χ2v) is 8.47. The molecule has 1 fully saturated rings. The van der Waals surface area contributed by atoms with Crippen LogP contribution in [0.5, 0.6) is 11.5 Å². The molecule has 5 N–H and O–H groups in total. The maximum Gasteiger partial charge on any atom is 0.196 e. The Hall–Kier alpha value is -3.23. The molecule has 3 heterocycles. The maximum absolute atomic E-state index is 12.7. The van der Waals surface area contributed by atoms with E-state index in [-0.39, 0.29) is 47.8 Å². The molecule has 2 aromatic carbocycles. The van der Waals surface area contributed by atoms with Crippen LogP contribution in [0.3, 0.4) is 0 Å². The summed E-state index contributed by atoms with van der Waals surface area (Å²) in [6.07, 6.45) is 0.606. The standard InChI is InChI=1S/C24H27N3O5/c1-13-8-18(29)23-19(30)9-20(31-12-21-26-16-4-2-3-5-17(16)27-21)22(24(23)32-13)15-6-7-25-10-14(15)11-28/h2-5,8-9,14-15,21,25-28,30H,6-7,10-12H2,1H3. The van der Waals surface area contributed by atoms with E-state index in [4.69, 9.17) is 9.15 Å². The van der Waals surface area contributed by atoms with E-state index in [1.54, 1.807) is 6.92 Å². The van der Waals surface area contributed by atoms with Gasteiger partial charge in [-0.15, -0.1) is 0 Å². The van der Waals surface area contributed by atoms with Crippen LogP contribution in [0.2, 0.25) is 0 Å². The molecule has 0 spiro atoms. The molecule has 2 aliphatic rings. The molecule has 32 heavy (non-hydrogen) atoms. The molecule has 1 aromatic heterocycles. The van der Waals surface area contributed by atoms with Crippen LogP contribution in [0.4, 0.5) is 11.4 Å². The monoisotopic (exact) mass is 437 g/mol. The highest BCUT2D eigenvalue weighted by molar-refractivity contribution is 5.88. The van der Waals surface area contributed by atoms with Crippen LogP contribution in [0.25, 0.3) is 11.0 Å². The van der Waals surface area contributed by atoms with Crippen LogP contribution in [0.15, 0.2) is 45.6 Å². The summed E-state index contributed by atoms with van der Waals surface area (Å²) >= 11 is 0. The highest BCUT2D eigenvalue weighted by Gasteiger charge is 2.33. The molecule has 2 unspecified atom stereocenters. The zero-order valence-electron chi connectivity index (χ0n) is 17.9.